The monoisotopic (exact) mass is 350 g/mol. The number of nitrogens with zero attached hydrogens (tertiary/aromatic N) is 2. The van der Waals surface area contributed by atoms with E-state index in [2.05, 4.69) is 4.98 Å². The van der Waals surface area contributed by atoms with Crippen LogP contribution >= 0.6 is 23.2 Å². The zero-order valence-electron chi connectivity index (χ0n) is 12.0. The predicted molar refractivity (Wildman–Crippen MR) is 88.5 cm³/mol. The van der Waals surface area contributed by atoms with Crippen molar-refractivity contribution in [2.24, 2.45) is 0 Å². The lowest BCUT2D eigenvalue weighted by Gasteiger charge is -2.10. The standard InChI is InChI=1S/C17H13Cl2FN2O/c18-13-6-12(7-14(19)8-13)10-22-5-4-21-17(22)11-23-16-3-1-2-15(20)9-16/h1-9H,10-11H2. The van der Waals surface area contributed by atoms with E-state index in [1.165, 1.54) is 12.1 Å². The van der Waals surface area contributed by atoms with Crippen molar-refractivity contribution in [3.63, 3.8) is 0 Å². The van der Waals surface area contributed by atoms with Crippen LogP contribution < -0.4 is 4.74 Å². The second-order valence-corrected chi connectivity index (χ2v) is 5.87. The Morgan fingerprint density at radius 1 is 1.09 bits per heavy atom. The molecule has 0 atom stereocenters. The average Bonchev–Trinajstić information content (AvgIpc) is 2.91. The van der Waals surface area contributed by atoms with E-state index in [4.69, 9.17) is 27.9 Å². The molecule has 0 bridgehead atoms. The van der Waals surface area contributed by atoms with Gasteiger partial charge in [-0.25, -0.2) is 9.37 Å². The number of imidazole rings is 1. The van der Waals surface area contributed by atoms with Crippen LogP contribution in [0.4, 0.5) is 4.39 Å². The molecule has 0 spiro atoms. The summed E-state index contributed by atoms with van der Waals surface area (Å²) < 4.78 is 20.7. The van der Waals surface area contributed by atoms with E-state index in [1.807, 2.05) is 22.9 Å². The maximum atomic E-state index is 13.1. The van der Waals surface area contributed by atoms with Crippen molar-refractivity contribution in [2.45, 2.75) is 13.2 Å². The molecule has 0 aliphatic rings. The van der Waals surface area contributed by atoms with E-state index >= 15 is 0 Å². The molecular formula is C17H13Cl2FN2O. The van der Waals surface area contributed by atoms with E-state index in [-0.39, 0.29) is 12.4 Å². The molecule has 118 valence electrons. The maximum absolute atomic E-state index is 13.1. The van der Waals surface area contributed by atoms with Gasteiger partial charge in [-0.3, -0.25) is 0 Å². The molecule has 0 aliphatic heterocycles. The van der Waals surface area contributed by atoms with Gasteiger partial charge in [0, 0.05) is 35.1 Å². The molecule has 0 N–H and O–H groups in total. The van der Waals surface area contributed by atoms with Gasteiger partial charge in [-0.15, -0.1) is 0 Å². The smallest absolute Gasteiger partial charge is 0.147 e. The van der Waals surface area contributed by atoms with Crippen molar-refractivity contribution in [3.8, 4) is 5.75 Å². The summed E-state index contributed by atoms with van der Waals surface area (Å²) in [5.74, 6) is 0.857. The van der Waals surface area contributed by atoms with Gasteiger partial charge in [0.05, 0.1) is 0 Å². The Morgan fingerprint density at radius 2 is 1.87 bits per heavy atom. The van der Waals surface area contributed by atoms with Crippen molar-refractivity contribution >= 4 is 23.2 Å². The van der Waals surface area contributed by atoms with Crippen molar-refractivity contribution < 1.29 is 9.13 Å². The fraction of sp³-hybridized carbons (Fsp3) is 0.118. The van der Waals surface area contributed by atoms with E-state index < -0.39 is 0 Å². The Balaban J connectivity index is 1.72. The topological polar surface area (TPSA) is 27.1 Å². The largest absolute Gasteiger partial charge is 0.486 e. The fourth-order valence-corrected chi connectivity index (χ4v) is 2.80. The Labute approximate surface area is 143 Å². The summed E-state index contributed by atoms with van der Waals surface area (Å²) in [4.78, 5) is 4.27. The molecule has 0 saturated heterocycles. The minimum absolute atomic E-state index is 0.241. The second kappa shape index (κ2) is 7.02. The van der Waals surface area contributed by atoms with Crippen LogP contribution in [-0.2, 0) is 13.2 Å². The third kappa shape index (κ3) is 4.24. The summed E-state index contributed by atoms with van der Waals surface area (Å²) >= 11 is 12.0. The van der Waals surface area contributed by atoms with Gasteiger partial charge >= 0.3 is 0 Å². The molecule has 1 heterocycles. The highest BCUT2D eigenvalue weighted by Gasteiger charge is 2.06. The third-order valence-electron chi connectivity index (χ3n) is 3.24. The van der Waals surface area contributed by atoms with Crippen LogP contribution in [0.1, 0.15) is 11.4 Å². The Hall–Kier alpha value is -2.04. The number of rotatable bonds is 5. The molecule has 3 aromatic rings. The first-order valence-corrected chi connectivity index (χ1v) is 7.69. The van der Waals surface area contributed by atoms with Crippen molar-refractivity contribution in [3.05, 3.63) is 82.1 Å². The lowest BCUT2D eigenvalue weighted by atomic mass is 10.2. The summed E-state index contributed by atoms with van der Waals surface area (Å²) in [5, 5.41) is 1.18. The summed E-state index contributed by atoms with van der Waals surface area (Å²) in [7, 11) is 0. The lowest BCUT2D eigenvalue weighted by molar-refractivity contribution is 0.289. The molecule has 0 aliphatic carbocycles. The van der Waals surface area contributed by atoms with Gasteiger partial charge in [0.25, 0.3) is 0 Å². The van der Waals surface area contributed by atoms with Crippen molar-refractivity contribution in [1.29, 1.82) is 0 Å². The van der Waals surface area contributed by atoms with Gasteiger partial charge in [-0.05, 0) is 35.9 Å². The zero-order valence-corrected chi connectivity index (χ0v) is 13.6. The molecular weight excluding hydrogens is 338 g/mol. The van der Waals surface area contributed by atoms with Crippen LogP contribution in [0.5, 0.6) is 5.75 Å². The van der Waals surface area contributed by atoms with Gasteiger partial charge in [0.15, 0.2) is 0 Å². The number of hydrogen-bond donors (Lipinski definition) is 0. The molecule has 3 nitrogen and oxygen atoms in total. The second-order valence-electron chi connectivity index (χ2n) is 5.00. The van der Waals surface area contributed by atoms with Crippen LogP contribution in [-0.4, -0.2) is 9.55 Å². The minimum Gasteiger partial charge on any atom is -0.486 e. The highest BCUT2D eigenvalue weighted by Crippen LogP contribution is 2.20. The van der Waals surface area contributed by atoms with Gasteiger partial charge < -0.3 is 9.30 Å². The molecule has 2 aromatic carbocycles. The van der Waals surface area contributed by atoms with Gasteiger partial charge in [-0.1, -0.05) is 29.3 Å². The van der Waals surface area contributed by atoms with Gasteiger partial charge in [0.2, 0.25) is 0 Å². The van der Waals surface area contributed by atoms with Crippen LogP contribution in [0.3, 0.4) is 0 Å². The molecule has 23 heavy (non-hydrogen) atoms. The van der Waals surface area contributed by atoms with Gasteiger partial charge in [-0.2, -0.15) is 0 Å². The minimum atomic E-state index is -0.334. The van der Waals surface area contributed by atoms with Crippen LogP contribution in [0, 0.1) is 5.82 Å². The summed E-state index contributed by atoms with van der Waals surface area (Å²) in [6, 6.07) is 11.4. The maximum Gasteiger partial charge on any atom is 0.147 e. The fourth-order valence-electron chi connectivity index (χ4n) is 2.23. The normalized spacial score (nSPS) is 10.7. The molecule has 0 amide bonds. The van der Waals surface area contributed by atoms with E-state index in [1.54, 1.807) is 24.4 Å². The van der Waals surface area contributed by atoms with E-state index in [0.717, 1.165) is 11.4 Å². The molecule has 1 aromatic heterocycles. The first kappa shape index (κ1) is 15.8. The lowest BCUT2D eigenvalue weighted by Crippen LogP contribution is -2.08. The molecule has 0 saturated carbocycles. The average molecular weight is 351 g/mol. The zero-order chi connectivity index (χ0) is 16.2. The number of halogens is 3. The van der Waals surface area contributed by atoms with E-state index in [0.29, 0.717) is 22.3 Å². The Morgan fingerprint density at radius 3 is 2.61 bits per heavy atom. The third-order valence-corrected chi connectivity index (χ3v) is 3.68. The number of aromatic nitrogens is 2. The van der Waals surface area contributed by atoms with E-state index in [9.17, 15) is 4.39 Å². The molecule has 0 unspecified atom stereocenters. The molecule has 0 fully saturated rings. The first-order chi connectivity index (χ1) is 11.1. The Kier molecular flexibility index (Phi) is 4.84. The van der Waals surface area contributed by atoms with Crippen LogP contribution in [0.25, 0.3) is 0 Å². The quantitative estimate of drug-likeness (QED) is 0.650. The van der Waals surface area contributed by atoms with Crippen LogP contribution in [0.2, 0.25) is 10.0 Å². The van der Waals surface area contributed by atoms with Crippen molar-refractivity contribution in [2.75, 3.05) is 0 Å². The molecule has 3 rings (SSSR count). The Bertz CT molecular complexity index is 800. The molecule has 6 heteroatoms. The van der Waals surface area contributed by atoms with Gasteiger partial charge in [0.1, 0.15) is 24.0 Å². The number of benzene rings is 2. The summed E-state index contributed by atoms with van der Waals surface area (Å²) in [6.07, 6.45) is 3.54. The highest BCUT2D eigenvalue weighted by atomic mass is 35.5. The summed E-state index contributed by atoms with van der Waals surface area (Å²) in [6.45, 7) is 0.812. The number of ether oxygens (including phenoxy) is 1. The first-order valence-electron chi connectivity index (χ1n) is 6.93. The molecule has 0 radical (unpaired) electrons. The van der Waals surface area contributed by atoms with Crippen LogP contribution in [0.15, 0.2) is 54.9 Å². The summed E-state index contributed by atoms with van der Waals surface area (Å²) in [5.41, 5.74) is 0.965. The SMILES string of the molecule is Fc1cccc(OCc2nccn2Cc2cc(Cl)cc(Cl)c2)c1. The number of hydrogen-bond acceptors (Lipinski definition) is 2. The van der Waals surface area contributed by atoms with Crippen molar-refractivity contribution in [1.82, 2.24) is 9.55 Å². The highest BCUT2D eigenvalue weighted by molar-refractivity contribution is 6.34. The predicted octanol–water partition coefficient (Wildman–Crippen LogP) is 4.96.